The monoisotopic (exact) mass is 378 g/mol. The largest absolute Gasteiger partial charge is 0.321 e. The van der Waals surface area contributed by atoms with E-state index in [2.05, 4.69) is 5.32 Å². The summed E-state index contributed by atoms with van der Waals surface area (Å²) >= 11 is 1.41. The van der Waals surface area contributed by atoms with Crippen LogP contribution in [-0.4, -0.2) is 31.7 Å². The van der Waals surface area contributed by atoms with E-state index in [1.165, 1.54) is 11.3 Å². The molecule has 5 nitrogen and oxygen atoms in total. The Hall–Kier alpha value is -1.70. The molecule has 1 aromatic heterocycles. The van der Waals surface area contributed by atoms with Crippen molar-refractivity contribution in [1.29, 1.82) is 0 Å². The van der Waals surface area contributed by atoms with Gasteiger partial charge in [0.15, 0.2) is 0 Å². The zero-order chi connectivity index (χ0) is 18.0. The molecular weight excluding hydrogens is 356 g/mol. The molecule has 0 spiro atoms. The van der Waals surface area contributed by atoms with Crippen LogP contribution in [0.5, 0.6) is 0 Å². The molecule has 2 aromatic rings. The van der Waals surface area contributed by atoms with Crippen molar-refractivity contribution < 1.29 is 13.2 Å². The molecule has 1 fully saturated rings. The molecule has 1 amide bonds. The summed E-state index contributed by atoms with van der Waals surface area (Å²) in [6, 6.07) is 8.71. The predicted molar refractivity (Wildman–Crippen MR) is 101 cm³/mol. The fourth-order valence-electron chi connectivity index (χ4n) is 2.95. The molecule has 7 heteroatoms. The van der Waals surface area contributed by atoms with E-state index in [1.54, 1.807) is 35.5 Å². The van der Waals surface area contributed by atoms with E-state index >= 15 is 0 Å². The number of nitrogens with zero attached hydrogens (tertiary/aromatic N) is 1. The smallest absolute Gasteiger partial charge is 0.265 e. The van der Waals surface area contributed by atoms with Crippen LogP contribution in [0.4, 0.5) is 5.69 Å². The number of carbonyl (C=O) groups is 1. The molecule has 0 unspecified atom stereocenters. The number of amides is 1. The van der Waals surface area contributed by atoms with E-state index in [1.807, 2.05) is 13.0 Å². The van der Waals surface area contributed by atoms with Gasteiger partial charge in [-0.2, -0.15) is 4.31 Å². The van der Waals surface area contributed by atoms with Crippen molar-refractivity contribution in [2.24, 2.45) is 0 Å². The summed E-state index contributed by atoms with van der Waals surface area (Å²) in [6.07, 6.45) is 2.86. The minimum absolute atomic E-state index is 0.219. The number of anilines is 1. The van der Waals surface area contributed by atoms with Crippen LogP contribution in [-0.2, 0) is 10.0 Å². The van der Waals surface area contributed by atoms with Crippen LogP contribution in [0.1, 0.15) is 39.4 Å². The van der Waals surface area contributed by atoms with Crippen LogP contribution in [0.2, 0.25) is 0 Å². The first kappa shape index (κ1) is 18.1. The van der Waals surface area contributed by atoms with Crippen molar-refractivity contribution in [1.82, 2.24) is 4.31 Å². The maximum Gasteiger partial charge on any atom is 0.265 e. The molecule has 25 heavy (non-hydrogen) atoms. The zero-order valence-corrected chi connectivity index (χ0v) is 16.0. The Morgan fingerprint density at radius 3 is 2.44 bits per heavy atom. The Balaban J connectivity index is 1.86. The predicted octanol–water partition coefficient (Wildman–Crippen LogP) is 3.79. The van der Waals surface area contributed by atoms with Gasteiger partial charge >= 0.3 is 0 Å². The minimum atomic E-state index is -3.53. The van der Waals surface area contributed by atoms with Gasteiger partial charge in [-0.15, -0.1) is 11.3 Å². The van der Waals surface area contributed by atoms with Gasteiger partial charge in [0.1, 0.15) is 0 Å². The first-order valence-electron chi connectivity index (χ1n) is 8.36. The fraction of sp³-hybridized carbons (Fsp3) is 0.389. The lowest BCUT2D eigenvalue weighted by Crippen LogP contribution is -2.36. The Bertz CT molecular complexity index is 881. The van der Waals surface area contributed by atoms with Gasteiger partial charge in [-0.25, -0.2) is 8.42 Å². The SMILES string of the molecule is Cc1ccc(C(=O)Nc2ccc(C)c(S(=O)(=O)N3CCCCC3)c2)s1. The van der Waals surface area contributed by atoms with Gasteiger partial charge in [0.05, 0.1) is 9.77 Å². The number of aryl methyl sites for hydroxylation is 2. The summed E-state index contributed by atoms with van der Waals surface area (Å²) in [6.45, 7) is 4.85. The van der Waals surface area contributed by atoms with Crippen LogP contribution in [0, 0.1) is 13.8 Å². The van der Waals surface area contributed by atoms with Crippen LogP contribution in [0.15, 0.2) is 35.2 Å². The maximum atomic E-state index is 12.9. The van der Waals surface area contributed by atoms with E-state index in [-0.39, 0.29) is 10.8 Å². The minimum Gasteiger partial charge on any atom is -0.321 e. The van der Waals surface area contributed by atoms with Crippen LogP contribution >= 0.6 is 11.3 Å². The van der Waals surface area contributed by atoms with Gasteiger partial charge in [0, 0.05) is 23.7 Å². The third kappa shape index (κ3) is 3.94. The first-order chi connectivity index (χ1) is 11.9. The Kier molecular flexibility index (Phi) is 5.27. The van der Waals surface area contributed by atoms with E-state index < -0.39 is 10.0 Å². The van der Waals surface area contributed by atoms with E-state index in [0.717, 1.165) is 24.1 Å². The highest BCUT2D eigenvalue weighted by atomic mass is 32.2. The number of carbonyl (C=O) groups excluding carboxylic acids is 1. The number of hydrogen-bond acceptors (Lipinski definition) is 4. The second-order valence-corrected chi connectivity index (χ2v) is 9.50. The lowest BCUT2D eigenvalue weighted by atomic mass is 10.2. The summed E-state index contributed by atoms with van der Waals surface area (Å²) in [5.41, 5.74) is 1.19. The van der Waals surface area contributed by atoms with Gasteiger partial charge in [0.2, 0.25) is 10.0 Å². The van der Waals surface area contributed by atoms with E-state index in [4.69, 9.17) is 0 Å². The normalized spacial score (nSPS) is 15.9. The van der Waals surface area contributed by atoms with Crippen molar-refractivity contribution >= 4 is 33.0 Å². The summed E-state index contributed by atoms with van der Waals surface area (Å²) < 4.78 is 27.4. The molecule has 0 saturated carbocycles. The van der Waals surface area contributed by atoms with Gasteiger partial charge in [0.25, 0.3) is 5.91 Å². The second-order valence-electron chi connectivity index (χ2n) is 6.31. The topological polar surface area (TPSA) is 66.5 Å². The number of sulfonamides is 1. The van der Waals surface area contributed by atoms with Gasteiger partial charge < -0.3 is 5.32 Å². The third-order valence-corrected chi connectivity index (χ3v) is 7.38. The molecule has 134 valence electrons. The molecule has 0 aliphatic carbocycles. The van der Waals surface area contributed by atoms with Crippen molar-refractivity contribution in [3.05, 3.63) is 45.6 Å². The molecule has 2 heterocycles. The van der Waals surface area contributed by atoms with Crippen LogP contribution in [0.25, 0.3) is 0 Å². The highest BCUT2D eigenvalue weighted by Crippen LogP contribution is 2.26. The zero-order valence-electron chi connectivity index (χ0n) is 14.4. The lowest BCUT2D eigenvalue weighted by Gasteiger charge is -2.26. The number of piperidine rings is 1. The average Bonchev–Trinajstić information content (AvgIpc) is 3.04. The summed E-state index contributed by atoms with van der Waals surface area (Å²) in [5.74, 6) is -0.219. The Labute approximate surface area is 152 Å². The van der Waals surface area contributed by atoms with Crippen LogP contribution < -0.4 is 5.32 Å². The maximum absolute atomic E-state index is 12.9. The van der Waals surface area contributed by atoms with Gasteiger partial charge in [-0.3, -0.25) is 4.79 Å². The molecule has 0 bridgehead atoms. The van der Waals surface area contributed by atoms with Crippen molar-refractivity contribution in [2.45, 2.75) is 38.0 Å². The van der Waals surface area contributed by atoms with Crippen molar-refractivity contribution in [2.75, 3.05) is 18.4 Å². The Morgan fingerprint density at radius 2 is 1.80 bits per heavy atom. The quantitative estimate of drug-likeness (QED) is 0.880. The average molecular weight is 379 g/mol. The van der Waals surface area contributed by atoms with Crippen molar-refractivity contribution in [3.63, 3.8) is 0 Å². The third-order valence-electron chi connectivity index (χ3n) is 4.34. The molecule has 1 aliphatic heterocycles. The van der Waals surface area contributed by atoms with Crippen LogP contribution in [0.3, 0.4) is 0 Å². The number of benzene rings is 1. The lowest BCUT2D eigenvalue weighted by molar-refractivity contribution is 0.103. The number of hydrogen-bond donors (Lipinski definition) is 1. The van der Waals surface area contributed by atoms with E-state index in [0.29, 0.717) is 29.2 Å². The van der Waals surface area contributed by atoms with E-state index in [9.17, 15) is 13.2 Å². The molecule has 3 rings (SSSR count). The standard InChI is InChI=1S/C18H22N2O3S2/c1-13-6-8-15(19-18(21)16-9-7-14(2)24-16)12-17(13)25(22,23)20-10-4-3-5-11-20/h6-9,12H,3-5,10-11H2,1-2H3,(H,19,21). The van der Waals surface area contributed by atoms with Gasteiger partial charge in [-0.1, -0.05) is 12.5 Å². The highest BCUT2D eigenvalue weighted by molar-refractivity contribution is 7.89. The summed E-state index contributed by atoms with van der Waals surface area (Å²) in [5, 5.41) is 2.80. The van der Waals surface area contributed by atoms with Crippen molar-refractivity contribution in [3.8, 4) is 0 Å². The molecular formula is C18H22N2O3S2. The Morgan fingerprint density at radius 1 is 1.08 bits per heavy atom. The van der Waals surface area contributed by atoms with Gasteiger partial charge in [-0.05, 0) is 56.5 Å². The molecule has 1 N–H and O–H groups in total. The molecule has 1 saturated heterocycles. The highest BCUT2D eigenvalue weighted by Gasteiger charge is 2.27. The number of thiophene rings is 1. The number of nitrogens with one attached hydrogen (secondary N) is 1. The molecule has 0 radical (unpaired) electrons. The fourth-order valence-corrected chi connectivity index (χ4v) is 5.48. The molecule has 1 aromatic carbocycles. The second kappa shape index (κ2) is 7.27. The number of rotatable bonds is 4. The molecule has 0 atom stereocenters. The summed E-state index contributed by atoms with van der Waals surface area (Å²) in [7, 11) is -3.53. The first-order valence-corrected chi connectivity index (χ1v) is 10.6. The summed E-state index contributed by atoms with van der Waals surface area (Å²) in [4.78, 5) is 14.3. The molecule has 1 aliphatic rings.